The van der Waals surface area contributed by atoms with Gasteiger partial charge in [0.2, 0.25) is 0 Å². The third kappa shape index (κ3) is 4.40. The maximum atomic E-state index is 14.8. The summed E-state index contributed by atoms with van der Waals surface area (Å²) in [6.07, 6.45) is 11.0. The Balaban J connectivity index is 1.78. The zero-order valence-electron chi connectivity index (χ0n) is 16.4. The Hall–Kier alpha value is -2.29. The van der Waals surface area contributed by atoms with Crippen molar-refractivity contribution in [3.05, 3.63) is 71.8 Å². The van der Waals surface area contributed by atoms with Gasteiger partial charge in [0.1, 0.15) is 11.6 Å². The molecule has 1 aliphatic carbocycles. The van der Waals surface area contributed by atoms with Crippen LogP contribution in [0.1, 0.15) is 56.6 Å². The van der Waals surface area contributed by atoms with E-state index in [4.69, 9.17) is 0 Å². The molecule has 0 aromatic heterocycles. The van der Waals surface area contributed by atoms with Crippen LogP contribution >= 0.6 is 0 Å². The molecule has 1 fully saturated rings. The highest BCUT2D eigenvalue weighted by atomic mass is 19.2. The fourth-order valence-electron chi connectivity index (χ4n) is 4.12. The minimum Gasteiger partial charge on any atom is -0.208 e. The van der Waals surface area contributed by atoms with Crippen molar-refractivity contribution in [2.24, 2.45) is 11.8 Å². The summed E-state index contributed by atoms with van der Waals surface area (Å²) in [6, 6.07) is 8.05. The van der Waals surface area contributed by atoms with E-state index < -0.39 is 23.4 Å². The zero-order valence-corrected chi connectivity index (χ0v) is 16.4. The summed E-state index contributed by atoms with van der Waals surface area (Å²) in [4.78, 5) is 0. The smallest absolute Gasteiger partial charge is 0.165 e. The standard InChI is InChI=1S/C25H27F3/c1-3-5-6-7-18-8-11-19(12-9-18)23(26)25(28)22-15-13-20-16-17(4-2)10-14-21(20)24(22)27/h3-5,10,13-16,18-19H,2,6-9,11-12H2,1H3/b5-3+,25-23?. The number of rotatable bonds is 6. The first-order valence-electron chi connectivity index (χ1n) is 10.1. The number of hydrogen-bond donors (Lipinski definition) is 0. The Kier molecular flexibility index (Phi) is 6.77. The quantitative estimate of drug-likeness (QED) is 0.439. The maximum absolute atomic E-state index is 14.8. The fourth-order valence-corrected chi connectivity index (χ4v) is 4.12. The highest BCUT2D eigenvalue weighted by molar-refractivity contribution is 5.88. The van der Waals surface area contributed by atoms with Crippen LogP contribution in [0.5, 0.6) is 0 Å². The van der Waals surface area contributed by atoms with E-state index in [0.29, 0.717) is 29.5 Å². The van der Waals surface area contributed by atoms with Gasteiger partial charge in [-0.15, -0.1) is 0 Å². The minimum atomic E-state index is -1.05. The predicted molar refractivity (Wildman–Crippen MR) is 113 cm³/mol. The second-order valence-corrected chi connectivity index (χ2v) is 7.64. The third-order valence-electron chi connectivity index (χ3n) is 5.84. The average Bonchev–Trinajstić information content (AvgIpc) is 2.73. The average molecular weight is 384 g/mol. The van der Waals surface area contributed by atoms with E-state index in [1.165, 1.54) is 6.07 Å². The lowest BCUT2D eigenvalue weighted by molar-refractivity contribution is 0.263. The van der Waals surface area contributed by atoms with Crippen LogP contribution in [-0.4, -0.2) is 0 Å². The number of benzene rings is 2. The van der Waals surface area contributed by atoms with Crippen molar-refractivity contribution in [1.82, 2.24) is 0 Å². The second-order valence-electron chi connectivity index (χ2n) is 7.64. The first-order chi connectivity index (χ1) is 13.5. The van der Waals surface area contributed by atoms with Crippen molar-refractivity contribution >= 4 is 22.7 Å². The molecule has 0 amide bonds. The van der Waals surface area contributed by atoms with Crippen molar-refractivity contribution in [3.63, 3.8) is 0 Å². The normalized spacial score (nSPS) is 21.1. The van der Waals surface area contributed by atoms with Gasteiger partial charge in [0, 0.05) is 16.9 Å². The Morgan fingerprint density at radius 3 is 2.54 bits per heavy atom. The van der Waals surface area contributed by atoms with Gasteiger partial charge in [0.05, 0.1) is 0 Å². The predicted octanol–water partition coefficient (Wildman–Crippen LogP) is 8.39. The van der Waals surface area contributed by atoms with Crippen molar-refractivity contribution in [1.29, 1.82) is 0 Å². The highest BCUT2D eigenvalue weighted by Crippen LogP contribution is 2.40. The van der Waals surface area contributed by atoms with Gasteiger partial charge in [-0.2, -0.15) is 0 Å². The summed E-state index contributed by atoms with van der Waals surface area (Å²) in [7, 11) is 0. The molecule has 0 bridgehead atoms. The second kappa shape index (κ2) is 9.27. The van der Waals surface area contributed by atoms with E-state index in [9.17, 15) is 13.2 Å². The molecule has 0 heterocycles. The Labute approximate surface area is 165 Å². The van der Waals surface area contributed by atoms with Crippen LogP contribution in [0, 0.1) is 17.7 Å². The summed E-state index contributed by atoms with van der Waals surface area (Å²) >= 11 is 0. The van der Waals surface area contributed by atoms with E-state index in [2.05, 4.69) is 12.7 Å². The van der Waals surface area contributed by atoms with Gasteiger partial charge in [-0.05, 0) is 74.4 Å². The molecular weight excluding hydrogens is 357 g/mol. The molecule has 148 valence electrons. The van der Waals surface area contributed by atoms with Crippen LogP contribution in [0.4, 0.5) is 13.2 Å². The van der Waals surface area contributed by atoms with Crippen LogP contribution in [0.3, 0.4) is 0 Å². The molecule has 0 aliphatic heterocycles. The number of fused-ring (bicyclic) bond motifs is 1. The lowest BCUT2D eigenvalue weighted by Crippen LogP contribution is -2.15. The van der Waals surface area contributed by atoms with Gasteiger partial charge in [0.15, 0.2) is 5.83 Å². The molecule has 0 saturated heterocycles. The molecule has 0 spiro atoms. The van der Waals surface area contributed by atoms with Crippen molar-refractivity contribution in [3.8, 4) is 0 Å². The number of hydrogen-bond acceptors (Lipinski definition) is 0. The van der Waals surface area contributed by atoms with Crippen LogP contribution < -0.4 is 0 Å². The molecule has 3 heteroatoms. The van der Waals surface area contributed by atoms with E-state index in [1.54, 1.807) is 30.3 Å². The van der Waals surface area contributed by atoms with Gasteiger partial charge in [-0.3, -0.25) is 0 Å². The molecule has 28 heavy (non-hydrogen) atoms. The maximum Gasteiger partial charge on any atom is 0.165 e. The van der Waals surface area contributed by atoms with E-state index in [-0.39, 0.29) is 5.56 Å². The number of allylic oxidation sites excluding steroid dienone is 3. The summed E-state index contributed by atoms with van der Waals surface area (Å²) in [5.41, 5.74) is 0.569. The summed E-state index contributed by atoms with van der Waals surface area (Å²) in [5, 5.41) is 0.937. The van der Waals surface area contributed by atoms with E-state index in [1.807, 2.05) is 13.0 Å². The first-order valence-corrected chi connectivity index (χ1v) is 10.1. The van der Waals surface area contributed by atoms with Crippen LogP contribution in [-0.2, 0) is 0 Å². The Bertz CT molecular complexity index is 899. The molecule has 0 atom stereocenters. The highest BCUT2D eigenvalue weighted by Gasteiger charge is 2.27. The van der Waals surface area contributed by atoms with Crippen LogP contribution in [0.25, 0.3) is 22.7 Å². The lowest BCUT2D eigenvalue weighted by Gasteiger charge is -2.27. The SMILES string of the molecule is C=Cc1ccc2c(F)c(C(F)=C(F)C3CCC(CC/C=C/C)CC3)ccc2c1. The van der Waals surface area contributed by atoms with Gasteiger partial charge in [-0.25, -0.2) is 13.2 Å². The van der Waals surface area contributed by atoms with Crippen molar-refractivity contribution in [2.45, 2.75) is 45.4 Å². The monoisotopic (exact) mass is 384 g/mol. The number of halogens is 3. The summed E-state index contributed by atoms with van der Waals surface area (Å²) in [6.45, 7) is 5.70. The van der Waals surface area contributed by atoms with E-state index in [0.717, 1.165) is 31.2 Å². The summed E-state index contributed by atoms with van der Waals surface area (Å²) < 4.78 is 44.5. The first kappa shape index (κ1) is 20.4. The largest absolute Gasteiger partial charge is 0.208 e. The molecule has 0 N–H and O–H groups in total. The van der Waals surface area contributed by atoms with Gasteiger partial charge in [0.25, 0.3) is 0 Å². The fraction of sp³-hybridized carbons (Fsp3) is 0.360. The Morgan fingerprint density at radius 1 is 1.11 bits per heavy atom. The molecule has 0 nitrogen and oxygen atoms in total. The minimum absolute atomic E-state index is 0.286. The van der Waals surface area contributed by atoms with Crippen molar-refractivity contribution in [2.75, 3.05) is 0 Å². The van der Waals surface area contributed by atoms with Crippen molar-refractivity contribution < 1.29 is 13.2 Å². The molecular formula is C25H27F3. The molecule has 0 unspecified atom stereocenters. The molecule has 2 aromatic carbocycles. The lowest BCUT2D eigenvalue weighted by atomic mass is 9.79. The molecule has 2 aromatic rings. The Morgan fingerprint density at radius 2 is 1.86 bits per heavy atom. The molecule has 1 aliphatic rings. The van der Waals surface area contributed by atoms with Crippen LogP contribution in [0.2, 0.25) is 0 Å². The van der Waals surface area contributed by atoms with Gasteiger partial charge in [-0.1, -0.05) is 43.0 Å². The summed E-state index contributed by atoms with van der Waals surface area (Å²) in [5.74, 6) is -2.44. The zero-order chi connectivity index (χ0) is 20.1. The van der Waals surface area contributed by atoms with E-state index >= 15 is 0 Å². The van der Waals surface area contributed by atoms with Gasteiger partial charge >= 0.3 is 0 Å². The van der Waals surface area contributed by atoms with Gasteiger partial charge < -0.3 is 0 Å². The molecule has 1 saturated carbocycles. The van der Waals surface area contributed by atoms with Crippen LogP contribution in [0.15, 0.2) is 54.9 Å². The third-order valence-corrected chi connectivity index (χ3v) is 5.84. The topological polar surface area (TPSA) is 0 Å². The molecule has 3 rings (SSSR count). The molecule has 0 radical (unpaired) electrons.